The van der Waals surface area contributed by atoms with Crippen molar-refractivity contribution >= 4 is 17.5 Å². The molecule has 0 aliphatic heterocycles. The van der Waals surface area contributed by atoms with E-state index in [9.17, 15) is 0 Å². The number of hydrogen-bond acceptors (Lipinski definition) is 4. The standard InChI is InChI=1S/C13H16N4/c1-3-10-4-6-11(7-5-10)16-12-9(2)8-15-13(14)17-12/h4-8H,3H2,1-2H3,(H3,14,15,16,17). The minimum atomic E-state index is 0.281. The summed E-state index contributed by atoms with van der Waals surface area (Å²) in [6.45, 7) is 4.08. The van der Waals surface area contributed by atoms with Gasteiger partial charge in [-0.1, -0.05) is 19.1 Å². The number of nitrogens with one attached hydrogen (secondary N) is 1. The molecule has 0 fully saturated rings. The number of aromatic nitrogens is 2. The van der Waals surface area contributed by atoms with Gasteiger partial charge in [-0.25, -0.2) is 4.98 Å². The van der Waals surface area contributed by atoms with Crippen molar-refractivity contribution in [2.45, 2.75) is 20.3 Å². The fraction of sp³-hybridized carbons (Fsp3) is 0.231. The molecule has 0 atom stereocenters. The van der Waals surface area contributed by atoms with Gasteiger partial charge in [-0.3, -0.25) is 0 Å². The van der Waals surface area contributed by atoms with Crippen LogP contribution in [0.3, 0.4) is 0 Å². The van der Waals surface area contributed by atoms with Crippen LogP contribution in [-0.4, -0.2) is 9.97 Å². The van der Waals surface area contributed by atoms with E-state index in [-0.39, 0.29) is 5.95 Å². The first-order valence-electron chi connectivity index (χ1n) is 5.64. The van der Waals surface area contributed by atoms with Crippen LogP contribution in [-0.2, 0) is 6.42 Å². The van der Waals surface area contributed by atoms with E-state index in [0.29, 0.717) is 0 Å². The Kier molecular flexibility index (Phi) is 3.23. The van der Waals surface area contributed by atoms with Gasteiger partial charge in [0.2, 0.25) is 5.95 Å². The van der Waals surface area contributed by atoms with Gasteiger partial charge in [0.05, 0.1) is 0 Å². The molecule has 0 radical (unpaired) electrons. The number of nitrogens with zero attached hydrogens (tertiary/aromatic N) is 2. The first kappa shape index (κ1) is 11.4. The molecule has 0 aliphatic rings. The number of anilines is 3. The average molecular weight is 228 g/mol. The Labute approximate surface area is 101 Å². The molecule has 4 nitrogen and oxygen atoms in total. The maximum Gasteiger partial charge on any atom is 0.221 e. The second kappa shape index (κ2) is 4.82. The molecule has 4 heteroatoms. The monoisotopic (exact) mass is 228 g/mol. The molecule has 1 aromatic carbocycles. The second-order valence-electron chi connectivity index (χ2n) is 3.94. The quantitative estimate of drug-likeness (QED) is 0.847. The SMILES string of the molecule is CCc1ccc(Nc2nc(N)ncc2C)cc1. The highest BCUT2D eigenvalue weighted by Gasteiger charge is 2.02. The number of nitrogen functional groups attached to an aromatic ring is 1. The molecule has 2 aromatic rings. The summed E-state index contributed by atoms with van der Waals surface area (Å²) in [5.41, 5.74) is 8.85. The topological polar surface area (TPSA) is 63.8 Å². The molecule has 0 spiro atoms. The molecular weight excluding hydrogens is 212 g/mol. The number of rotatable bonds is 3. The maximum atomic E-state index is 5.56. The molecular formula is C13H16N4. The Morgan fingerprint density at radius 3 is 2.59 bits per heavy atom. The fourth-order valence-corrected chi connectivity index (χ4v) is 1.54. The van der Waals surface area contributed by atoms with Crippen molar-refractivity contribution in [3.63, 3.8) is 0 Å². The van der Waals surface area contributed by atoms with Crippen LogP contribution in [0.2, 0.25) is 0 Å². The van der Waals surface area contributed by atoms with E-state index < -0.39 is 0 Å². The smallest absolute Gasteiger partial charge is 0.221 e. The van der Waals surface area contributed by atoms with E-state index in [0.717, 1.165) is 23.5 Å². The summed E-state index contributed by atoms with van der Waals surface area (Å²) in [6, 6.07) is 8.28. The largest absolute Gasteiger partial charge is 0.368 e. The van der Waals surface area contributed by atoms with Crippen molar-refractivity contribution < 1.29 is 0 Å². The van der Waals surface area contributed by atoms with Crippen LogP contribution >= 0.6 is 0 Å². The van der Waals surface area contributed by atoms with Crippen LogP contribution < -0.4 is 11.1 Å². The Morgan fingerprint density at radius 1 is 1.24 bits per heavy atom. The van der Waals surface area contributed by atoms with E-state index in [4.69, 9.17) is 5.73 Å². The third-order valence-electron chi connectivity index (χ3n) is 2.62. The predicted octanol–water partition coefficient (Wildman–Crippen LogP) is 2.67. The Hall–Kier alpha value is -2.10. The highest BCUT2D eigenvalue weighted by molar-refractivity contribution is 5.59. The lowest BCUT2D eigenvalue weighted by Gasteiger charge is -2.09. The summed E-state index contributed by atoms with van der Waals surface area (Å²) in [7, 11) is 0. The molecule has 0 unspecified atom stereocenters. The van der Waals surface area contributed by atoms with Crippen LogP contribution in [0.5, 0.6) is 0 Å². The molecule has 0 saturated heterocycles. The molecule has 1 heterocycles. The summed E-state index contributed by atoms with van der Waals surface area (Å²) >= 11 is 0. The van der Waals surface area contributed by atoms with Gasteiger partial charge in [-0.05, 0) is 31.0 Å². The van der Waals surface area contributed by atoms with Crippen molar-refractivity contribution in [2.75, 3.05) is 11.1 Å². The van der Waals surface area contributed by atoms with Crippen molar-refractivity contribution in [2.24, 2.45) is 0 Å². The zero-order valence-electron chi connectivity index (χ0n) is 10.1. The molecule has 0 saturated carbocycles. The molecule has 2 rings (SSSR count). The van der Waals surface area contributed by atoms with Crippen molar-refractivity contribution in [1.29, 1.82) is 0 Å². The Morgan fingerprint density at radius 2 is 1.94 bits per heavy atom. The third kappa shape index (κ3) is 2.72. The summed E-state index contributed by atoms with van der Waals surface area (Å²) in [6.07, 6.45) is 2.75. The van der Waals surface area contributed by atoms with Gasteiger partial charge < -0.3 is 11.1 Å². The van der Waals surface area contributed by atoms with Gasteiger partial charge >= 0.3 is 0 Å². The van der Waals surface area contributed by atoms with E-state index in [1.54, 1.807) is 6.20 Å². The predicted molar refractivity (Wildman–Crippen MR) is 70.3 cm³/mol. The van der Waals surface area contributed by atoms with Gasteiger partial charge in [-0.2, -0.15) is 4.98 Å². The first-order valence-corrected chi connectivity index (χ1v) is 5.64. The zero-order chi connectivity index (χ0) is 12.3. The molecule has 3 N–H and O–H groups in total. The minimum Gasteiger partial charge on any atom is -0.368 e. The van der Waals surface area contributed by atoms with Crippen LogP contribution in [0.4, 0.5) is 17.5 Å². The maximum absolute atomic E-state index is 5.56. The molecule has 88 valence electrons. The number of benzene rings is 1. The van der Waals surface area contributed by atoms with Gasteiger partial charge in [0.15, 0.2) is 0 Å². The summed E-state index contributed by atoms with van der Waals surface area (Å²) in [5.74, 6) is 1.03. The van der Waals surface area contributed by atoms with Crippen LogP contribution in [0.15, 0.2) is 30.5 Å². The summed E-state index contributed by atoms with van der Waals surface area (Å²) in [5, 5.41) is 3.23. The van der Waals surface area contributed by atoms with Gasteiger partial charge in [-0.15, -0.1) is 0 Å². The Bertz CT molecular complexity index is 505. The normalized spacial score (nSPS) is 10.2. The van der Waals surface area contributed by atoms with Crippen molar-refractivity contribution in [1.82, 2.24) is 9.97 Å². The van der Waals surface area contributed by atoms with Gasteiger partial charge in [0.25, 0.3) is 0 Å². The zero-order valence-corrected chi connectivity index (χ0v) is 10.1. The lowest BCUT2D eigenvalue weighted by Crippen LogP contribution is -2.01. The molecule has 0 amide bonds. The van der Waals surface area contributed by atoms with E-state index >= 15 is 0 Å². The van der Waals surface area contributed by atoms with Crippen LogP contribution in [0.25, 0.3) is 0 Å². The highest BCUT2D eigenvalue weighted by atomic mass is 15.1. The third-order valence-corrected chi connectivity index (χ3v) is 2.62. The molecule has 17 heavy (non-hydrogen) atoms. The first-order chi connectivity index (χ1) is 8.19. The second-order valence-corrected chi connectivity index (χ2v) is 3.94. The number of hydrogen-bond donors (Lipinski definition) is 2. The average Bonchev–Trinajstić information content (AvgIpc) is 2.35. The van der Waals surface area contributed by atoms with Crippen molar-refractivity contribution in [3.8, 4) is 0 Å². The summed E-state index contributed by atoms with van der Waals surface area (Å²) in [4.78, 5) is 8.10. The molecule has 0 aliphatic carbocycles. The number of nitrogens with two attached hydrogens (primary N) is 1. The lowest BCUT2D eigenvalue weighted by atomic mass is 10.1. The fourth-order valence-electron chi connectivity index (χ4n) is 1.54. The number of aryl methyl sites for hydroxylation is 2. The van der Waals surface area contributed by atoms with Crippen LogP contribution in [0, 0.1) is 6.92 Å². The summed E-state index contributed by atoms with van der Waals surface area (Å²) < 4.78 is 0. The van der Waals surface area contributed by atoms with Gasteiger partial charge in [0, 0.05) is 17.4 Å². The minimum absolute atomic E-state index is 0.281. The van der Waals surface area contributed by atoms with E-state index in [1.807, 2.05) is 19.1 Å². The van der Waals surface area contributed by atoms with Gasteiger partial charge in [0.1, 0.15) is 5.82 Å². The lowest BCUT2D eigenvalue weighted by molar-refractivity contribution is 1.13. The van der Waals surface area contributed by atoms with Crippen molar-refractivity contribution in [3.05, 3.63) is 41.6 Å². The highest BCUT2D eigenvalue weighted by Crippen LogP contribution is 2.18. The van der Waals surface area contributed by atoms with Crippen LogP contribution in [0.1, 0.15) is 18.1 Å². The van der Waals surface area contributed by atoms with E-state index in [2.05, 4.69) is 34.3 Å². The Balaban J connectivity index is 2.22. The molecule has 0 bridgehead atoms. The molecule has 1 aromatic heterocycles. The van der Waals surface area contributed by atoms with E-state index in [1.165, 1.54) is 5.56 Å².